The van der Waals surface area contributed by atoms with Gasteiger partial charge in [0.05, 0.1) is 12.5 Å². The molecule has 1 aromatic rings. The van der Waals surface area contributed by atoms with Gasteiger partial charge in [-0.1, -0.05) is 6.92 Å². The molecule has 0 radical (unpaired) electrons. The maximum absolute atomic E-state index is 5.06. The number of nitrogens with zero attached hydrogens (tertiary/aromatic N) is 1. The molecule has 1 aliphatic heterocycles. The normalized spacial score (nSPS) is 24.8. The first-order valence-corrected chi connectivity index (χ1v) is 5.08. The lowest BCUT2D eigenvalue weighted by Crippen LogP contribution is -2.33. The summed E-state index contributed by atoms with van der Waals surface area (Å²) in [6.07, 6.45) is 6.34. The van der Waals surface area contributed by atoms with Crippen molar-refractivity contribution in [2.75, 3.05) is 13.1 Å². The van der Waals surface area contributed by atoms with Gasteiger partial charge in [-0.05, 0) is 31.4 Å². The van der Waals surface area contributed by atoms with Crippen LogP contribution in [0.5, 0.6) is 0 Å². The zero-order valence-corrected chi connectivity index (χ0v) is 8.20. The van der Waals surface area contributed by atoms with Gasteiger partial charge in [0.1, 0.15) is 0 Å². The molecule has 2 heterocycles. The van der Waals surface area contributed by atoms with E-state index in [1.807, 2.05) is 6.26 Å². The fourth-order valence-corrected chi connectivity index (χ4v) is 2.07. The van der Waals surface area contributed by atoms with Gasteiger partial charge in [0.25, 0.3) is 0 Å². The van der Waals surface area contributed by atoms with Crippen LogP contribution in [-0.2, 0) is 6.54 Å². The van der Waals surface area contributed by atoms with E-state index >= 15 is 0 Å². The number of likely N-dealkylation sites (tertiary alicyclic amines) is 1. The predicted octanol–water partition coefficient (Wildman–Crippen LogP) is 2.51. The quantitative estimate of drug-likeness (QED) is 0.693. The summed E-state index contributed by atoms with van der Waals surface area (Å²) in [6.45, 7) is 5.88. The van der Waals surface area contributed by atoms with Gasteiger partial charge in [0.15, 0.2) is 0 Å². The standard InChI is InChI=1S/C11H17NO/c1-10-3-2-5-12(7-10)8-11-4-6-13-9-11/h4,6,9-10H,2-3,5,7-8H2,1H3/t10-/m0/s1. The molecule has 0 N–H and O–H groups in total. The first kappa shape index (κ1) is 8.82. The maximum Gasteiger partial charge on any atom is 0.0947 e. The Morgan fingerprint density at radius 3 is 3.23 bits per heavy atom. The molecule has 72 valence electrons. The maximum atomic E-state index is 5.06. The summed E-state index contributed by atoms with van der Waals surface area (Å²) in [5, 5.41) is 0. The minimum atomic E-state index is 0.862. The molecule has 1 atom stereocenters. The van der Waals surface area contributed by atoms with Gasteiger partial charge in [-0.2, -0.15) is 0 Å². The molecule has 1 saturated heterocycles. The molecule has 1 aromatic heterocycles. The van der Waals surface area contributed by atoms with E-state index in [1.165, 1.54) is 31.5 Å². The lowest BCUT2D eigenvalue weighted by atomic mass is 10.00. The fraction of sp³-hybridized carbons (Fsp3) is 0.636. The molecule has 1 aliphatic rings. The third-order valence-corrected chi connectivity index (χ3v) is 2.73. The summed E-state index contributed by atoms with van der Waals surface area (Å²) in [6, 6.07) is 2.05. The second-order valence-electron chi connectivity index (χ2n) is 4.11. The minimum Gasteiger partial charge on any atom is -0.472 e. The third-order valence-electron chi connectivity index (χ3n) is 2.73. The number of rotatable bonds is 2. The van der Waals surface area contributed by atoms with E-state index < -0.39 is 0 Å². The topological polar surface area (TPSA) is 16.4 Å². The molecule has 1 fully saturated rings. The average Bonchev–Trinajstić information content (AvgIpc) is 2.57. The lowest BCUT2D eigenvalue weighted by Gasteiger charge is -2.30. The number of furan rings is 1. The van der Waals surface area contributed by atoms with Crippen LogP contribution in [0, 0.1) is 5.92 Å². The van der Waals surface area contributed by atoms with Crippen LogP contribution >= 0.6 is 0 Å². The summed E-state index contributed by atoms with van der Waals surface area (Å²) in [5.41, 5.74) is 1.30. The molecule has 2 heteroatoms. The predicted molar refractivity (Wildman–Crippen MR) is 52.4 cm³/mol. The van der Waals surface area contributed by atoms with Crippen LogP contribution in [0.25, 0.3) is 0 Å². The number of hydrogen-bond donors (Lipinski definition) is 0. The van der Waals surface area contributed by atoms with E-state index in [9.17, 15) is 0 Å². The van der Waals surface area contributed by atoms with Gasteiger partial charge in [-0.25, -0.2) is 0 Å². The van der Waals surface area contributed by atoms with Gasteiger partial charge in [0.2, 0.25) is 0 Å². The molecule has 2 nitrogen and oxygen atoms in total. The number of hydrogen-bond acceptors (Lipinski definition) is 2. The van der Waals surface area contributed by atoms with Crippen molar-refractivity contribution in [1.29, 1.82) is 0 Å². The molecule has 0 aliphatic carbocycles. The zero-order chi connectivity index (χ0) is 9.10. The van der Waals surface area contributed by atoms with Gasteiger partial charge in [0, 0.05) is 18.7 Å². The van der Waals surface area contributed by atoms with Crippen molar-refractivity contribution in [2.24, 2.45) is 5.92 Å². The second-order valence-corrected chi connectivity index (χ2v) is 4.11. The van der Waals surface area contributed by atoms with Crippen LogP contribution in [0.3, 0.4) is 0 Å². The molecule has 0 spiro atoms. The Balaban J connectivity index is 1.87. The summed E-state index contributed by atoms with van der Waals surface area (Å²) >= 11 is 0. The Morgan fingerprint density at radius 2 is 2.54 bits per heavy atom. The van der Waals surface area contributed by atoms with E-state index in [2.05, 4.69) is 17.9 Å². The molecule has 0 bridgehead atoms. The van der Waals surface area contributed by atoms with Crippen molar-refractivity contribution in [3.05, 3.63) is 24.2 Å². The van der Waals surface area contributed by atoms with Crippen molar-refractivity contribution >= 4 is 0 Å². The second kappa shape index (κ2) is 3.97. The fourth-order valence-electron chi connectivity index (χ4n) is 2.07. The Bertz CT molecular complexity index is 243. The number of piperidine rings is 1. The first-order valence-electron chi connectivity index (χ1n) is 5.08. The third kappa shape index (κ3) is 2.34. The molecule has 0 unspecified atom stereocenters. The SMILES string of the molecule is C[C@H]1CCCN(Cc2ccoc2)C1. The molecular weight excluding hydrogens is 162 g/mol. The molecule has 2 rings (SSSR count). The van der Waals surface area contributed by atoms with E-state index in [0.717, 1.165) is 12.5 Å². The first-order chi connectivity index (χ1) is 6.34. The lowest BCUT2D eigenvalue weighted by molar-refractivity contribution is 0.176. The van der Waals surface area contributed by atoms with Crippen molar-refractivity contribution in [3.63, 3.8) is 0 Å². The summed E-state index contributed by atoms with van der Waals surface area (Å²) < 4.78 is 5.06. The minimum absolute atomic E-state index is 0.862. The summed E-state index contributed by atoms with van der Waals surface area (Å²) in [5.74, 6) is 0.862. The van der Waals surface area contributed by atoms with E-state index in [-0.39, 0.29) is 0 Å². The van der Waals surface area contributed by atoms with E-state index in [0.29, 0.717) is 0 Å². The Hall–Kier alpha value is -0.760. The highest BCUT2D eigenvalue weighted by Gasteiger charge is 2.16. The highest BCUT2D eigenvalue weighted by Crippen LogP contribution is 2.17. The average molecular weight is 179 g/mol. The van der Waals surface area contributed by atoms with Crippen molar-refractivity contribution in [1.82, 2.24) is 4.90 Å². The molecule has 0 saturated carbocycles. The Labute approximate surface area is 79.5 Å². The Morgan fingerprint density at radius 1 is 1.62 bits per heavy atom. The van der Waals surface area contributed by atoms with Crippen LogP contribution in [0.2, 0.25) is 0 Å². The summed E-state index contributed by atoms with van der Waals surface area (Å²) in [4.78, 5) is 2.51. The highest BCUT2D eigenvalue weighted by molar-refractivity contribution is 5.05. The van der Waals surface area contributed by atoms with Gasteiger partial charge in [-0.3, -0.25) is 4.90 Å². The molecule has 0 amide bonds. The van der Waals surface area contributed by atoms with Crippen LogP contribution < -0.4 is 0 Å². The van der Waals surface area contributed by atoms with Crippen molar-refractivity contribution in [2.45, 2.75) is 26.3 Å². The van der Waals surface area contributed by atoms with Crippen LogP contribution in [0.4, 0.5) is 0 Å². The molecule has 13 heavy (non-hydrogen) atoms. The van der Waals surface area contributed by atoms with Crippen LogP contribution in [0.1, 0.15) is 25.3 Å². The van der Waals surface area contributed by atoms with Crippen molar-refractivity contribution in [3.8, 4) is 0 Å². The van der Waals surface area contributed by atoms with E-state index in [4.69, 9.17) is 4.42 Å². The van der Waals surface area contributed by atoms with Gasteiger partial charge < -0.3 is 4.42 Å². The monoisotopic (exact) mass is 179 g/mol. The smallest absolute Gasteiger partial charge is 0.0947 e. The molecule has 0 aromatic carbocycles. The van der Waals surface area contributed by atoms with Gasteiger partial charge in [-0.15, -0.1) is 0 Å². The van der Waals surface area contributed by atoms with Crippen LogP contribution in [0.15, 0.2) is 23.0 Å². The van der Waals surface area contributed by atoms with Crippen molar-refractivity contribution < 1.29 is 4.42 Å². The zero-order valence-electron chi connectivity index (χ0n) is 8.20. The van der Waals surface area contributed by atoms with Gasteiger partial charge >= 0.3 is 0 Å². The Kier molecular flexibility index (Phi) is 2.69. The highest BCUT2D eigenvalue weighted by atomic mass is 16.3. The largest absolute Gasteiger partial charge is 0.472 e. The molecular formula is C11H17NO. The summed E-state index contributed by atoms with van der Waals surface area (Å²) in [7, 11) is 0. The van der Waals surface area contributed by atoms with E-state index in [1.54, 1.807) is 6.26 Å². The van der Waals surface area contributed by atoms with Crippen LogP contribution in [-0.4, -0.2) is 18.0 Å².